The van der Waals surface area contributed by atoms with Crippen LogP contribution in [0.25, 0.3) is 0 Å². The second kappa shape index (κ2) is 7.39. The van der Waals surface area contributed by atoms with E-state index in [9.17, 15) is 18.8 Å². The lowest BCUT2D eigenvalue weighted by Crippen LogP contribution is -2.43. The van der Waals surface area contributed by atoms with E-state index >= 15 is 0 Å². The summed E-state index contributed by atoms with van der Waals surface area (Å²) in [6.45, 7) is -0.296. The van der Waals surface area contributed by atoms with Crippen LogP contribution in [0.2, 0.25) is 0 Å². The molecule has 0 aliphatic carbocycles. The normalized spacial score (nSPS) is 10.9. The number of carbonyl (C=O) groups excluding carboxylic acids is 1. The summed E-state index contributed by atoms with van der Waals surface area (Å²) in [4.78, 5) is 36.8. The van der Waals surface area contributed by atoms with Gasteiger partial charge in [-0.1, -0.05) is 6.07 Å². The lowest BCUT2D eigenvalue weighted by molar-refractivity contribution is 0.0843. The molecule has 1 aromatic carbocycles. The fraction of sp³-hybridized carbons (Fsp3) is 0.312. The molecular formula is C16H16FIN2O4. The van der Waals surface area contributed by atoms with Gasteiger partial charge < -0.3 is 4.74 Å². The van der Waals surface area contributed by atoms with Gasteiger partial charge in [0.2, 0.25) is 0 Å². The van der Waals surface area contributed by atoms with Crippen LogP contribution in [0.3, 0.4) is 0 Å². The summed E-state index contributed by atoms with van der Waals surface area (Å²) >= 11 is 1.98. The van der Waals surface area contributed by atoms with E-state index in [4.69, 9.17) is 4.74 Å². The Balaban J connectivity index is 2.69. The standard InChI is InChI=1S/C16H16FIN2O4/c1-19-12(6-9-4-5-10(18)7-11(9)17)14(13(21)8-24-3)15(22)20(2)16(19)23/h4-5,7H,6,8H2,1-3H3. The van der Waals surface area contributed by atoms with E-state index in [1.54, 1.807) is 12.1 Å². The zero-order valence-electron chi connectivity index (χ0n) is 13.4. The van der Waals surface area contributed by atoms with Gasteiger partial charge in [0, 0.05) is 36.9 Å². The number of ketones is 1. The number of aromatic nitrogens is 2. The molecule has 0 atom stereocenters. The molecule has 0 amide bonds. The van der Waals surface area contributed by atoms with Crippen LogP contribution in [-0.2, 0) is 25.3 Å². The topological polar surface area (TPSA) is 70.3 Å². The van der Waals surface area contributed by atoms with Crippen molar-refractivity contribution in [2.75, 3.05) is 13.7 Å². The minimum absolute atomic E-state index is 0.0463. The van der Waals surface area contributed by atoms with Crippen molar-refractivity contribution < 1.29 is 13.9 Å². The number of ether oxygens (including phenoxy) is 1. The molecule has 2 rings (SSSR count). The molecule has 0 spiro atoms. The third-order valence-electron chi connectivity index (χ3n) is 3.71. The molecule has 0 bridgehead atoms. The number of methoxy groups -OCH3 is 1. The van der Waals surface area contributed by atoms with Crippen molar-refractivity contribution >= 4 is 28.4 Å². The Kier molecular flexibility index (Phi) is 5.70. The number of carbonyl (C=O) groups is 1. The number of halogens is 2. The van der Waals surface area contributed by atoms with E-state index in [0.717, 1.165) is 8.14 Å². The molecule has 0 saturated heterocycles. The van der Waals surface area contributed by atoms with E-state index in [0.29, 0.717) is 5.56 Å². The maximum atomic E-state index is 14.1. The van der Waals surface area contributed by atoms with E-state index in [-0.39, 0.29) is 24.3 Å². The second-order valence-corrected chi connectivity index (χ2v) is 6.54. The van der Waals surface area contributed by atoms with E-state index in [2.05, 4.69) is 0 Å². The molecule has 0 fully saturated rings. The number of hydrogen-bond acceptors (Lipinski definition) is 4. The zero-order valence-corrected chi connectivity index (χ0v) is 15.6. The van der Waals surface area contributed by atoms with Crippen molar-refractivity contribution in [2.24, 2.45) is 14.1 Å². The monoisotopic (exact) mass is 446 g/mol. The minimum atomic E-state index is -0.707. The number of rotatable bonds is 5. The quantitative estimate of drug-likeness (QED) is 0.512. The van der Waals surface area contributed by atoms with Crippen LogP contribution in [0.1, 0.15) is 21.6 Å². The highest BCUT2D eigenvalue weighted by atomic mass is 127. The van der Waals surface area contributed by atoms with E-state index in [1.807, 2.05) is 22.6 Å². The van der Waals surface area contributed by atoms with Gasteiger partial charge in [-0.15, -0.1) is 0 Å². The van der Waals surface area contributed by atoms with E-state index in [1.165, 1.54) is 31.8 Å². The third-order valence-corrected chi connectivity index (χ3v) is 4.38. The summed E-state index contributed by atoms with van der Waals surface area (Å²) in [5.41, 5.74) is -0.967. The van der Waals surface area contributed by atoms with Crippen LogP contribution < -0.4 is 11.2 Å². The Morgan fingerprint density at radius 3 is 2.50 bits per heavy atom. The summed E-state index contributed by atoms with van der Waals surface area (Å²) in [5, 5.41) is 0. The van der Waals surface area contributed by atoms with Gasteiger partial charge in [0.15, 0.2) is 5.78 Å². The van der Waals surface area contributed by atoms with Crippen molar-refractivity contribution in [3.05, 3.63) is 65.2 Å². The number of hydrogen-bond donors (Lipinski definition) is 0. The number of benzene rings is 1. The first-order chi connectivity index (χ1) is 11.3. The van der Waals surface area contributed by atoms with Crippen LogP contribution in [0.15, 0.2) is 27.8 Å². The highest BCUT2D eigenvalue weighted by Crippen LogP contribution is 2.17. The van der Waals surface area contributed by atoms with Crippen LogP contribution in [0.4, 0.5) is 4.39 Å². The molecule has 0 saturated carbocycles. The Morgan fingerprint density at radius 2 is 1.92 bits per heavy atom. The molecule has 0 aliphatic rings. The SMILES string of the molecule is COCC(=O)c1c(Cc2ccc(I)cc2F)n(C)c(=O)n(C)c1=O. The predicted molar refractivity (Wildman–Crippen MR) is 95.1 cm³/mol. The summed E-state index contributed by atoms with van der Waals surface area (Å²) in [6.07, 6.45) is -0.0463. The Hall–Kier alpha value is -1.81. The first kappa shape index (κ1) is 18.5. The molecule has 8 heteroatoms. The Bertz CT molecular complexity index is 918. The van der Waals surface area contributed by atoms with Crippen LogP contribution in [0.5, 0.6) is 0 Å². The van der Waals surface area contributed by atoms with Gasteiger partial charge in [0.05, 0.1) is 0 Å². The highest BCUT2D eigenvalue weighted by molar-refractivity contribution is 14.1. The molecule has 0 unspecified atom stereocenters. The lowest BCUT2D eigenvalue weighted by Gasteiger charge is -2.15. The fourth-order valence-corrected chi connectivity index (χ4v) is 2.88. The van der Waals surface area contributed by atoms with Gasteiger partial charge >= 0.3 is 5.69 Å². The second-order valence-electron chi connectivity index (χ2n) is 5.30. The average molecular weight is 446 g/mol. The van der Waals surface area contributed by atoms with Crippen molar-refractivity contribution in [1.82, 2.24) is 9.13 Å². The maximum Gasteiger partial charge on any atom is 0.330 e. The molecule has 1 aromatic heterocycles. The summed E-state index contributed by atoms with van der Waals surface area (Å²) in [6, 6.07) is 4.64. The summed E-state index contributed by atoms with van der Waals surface area (Å²) in [7, 11) is 4.08. The average Bonchev–Trinajstić information content (AvgIpc) is 2.53. The molecule has 1 heterocycles. The van der Waals surface area contributed by atoms with Gasteiger partial charge in [-0.3, -0.25) is 18.7 Å². The third kappa shape index (κ3) is 3.48. The molecule has 6 nitrogen and oxygen atoms in total. The van der Waals surface area contributed by atoms with Crippen LogP contribution >= 0.6 is 22.6 Å². The molecule has 0 N–H and O–H groups in total. The number of nitrogens with zero attached hydrogens (tertiary/aromatic N) is 2. The van der Waals surface area contributed by atoms with Gasteiger partial charge in [-0.2, -0.15) is 0 Å². The first-order valence-corrected chi connectivity index (χ1v) is 8.10. The largest absolute Gasteiger partial charge is 0.377 e. The summed E-state index contributed by atoms with van der Waals surface area (Å²) < 4.78 is 21.7. The first-order valence-electron chi connectivity index (χ1n) is 7.02. The van der Waals surface area contributed by atoms with Crippen molar-refractivity contribution in [2.45, 2.75) is 6.42 Å². The Morgan fingerprint density at radius 1 is 1.25 bits per heavy atom. The fourth-order valence-electron chi connectivity index (χ4n) is 2.42. The van der Waals surface area contributed by atoms with Crippen LogP contribution in [-0.4, -0.2) is 28.6 Å². The van der Waals surface area contributed by atoms with Crippen LogP contribution in [0, 0.1) is 9.39 Å². The van der Waals surface area contributed by atoms with Gasteiger partial charge in [0.25, 0.3) is 5.56 Å². The van der Waals surface area contributed by atoms with Crippen molar-refractivity contribution in [3.63, 3.8) is 0 Å². The maximum absolute atomic E-state index is 14.1. The summed E-state index contributed by atoms with van der Waals surface area (Å²) in [5.74, 6) is -1.00. The lowest BCUT2D eigenvalue weighted by atomic mass is 10.0. The molecule has 0 radical (unpaired) electrons. The molecule has 2 aromatic rings. The molecule has 0 aliphatic heterocycles. The predicted octanol–water partition coefficient (Wildman–Crippen LogP) is 1.25. The highest BCUT2D eigenvalue weighted by Gasteiger charge is 2.22. The minimum Gasteiger partial charge on any atom is -0.377 e. The van der Waals surface area contributed by atoms with Gasteiger partial charge in [0.1, 0.15) is 18.0 Å². The Labute approximate surface area is 151 Å². The zero-order chi connectivity index (χ0) is 18.0. The van der Waals surface area contributed by atoms with Gasteiger partial charge in [-0.05, 0) is 40.3 Å². The molecule has 128 valence electrons. The van der Waals surface area contributed by atoms with Crippen molar-refractivity contribution in [1.29, 1.82) is 0 Å². The van der Waals surface area contributed by atoms with E-state index < -0.39 is 22.8 Å². The number of Topliss-reactive ketones (excluding diaryl/α,β-unsaturated/α-hetero) is 1. The van der Waals surface area contributed by atoms with Gasteiger partial charge in [-0.25, -0.2) is 9.18 Å². The smallest absolute Gasteiger partial charge is 0.330 e. The molecule has 24 heavy (non-hydrogen) atoms. The molecular weight excluding hydrogens is 430 g/mol. The van der Waals surface area contributed by atoms with Crippen molar-refractivity contribution in [3.8, 4) is 0 Å².